The summed E-state index contributed by atoms with van der Waals surface area (Å²) in [6.07, 6.45) is 2.34. The number of nitrogens with one attached hydrogen (secondary N) is 2. The van der Waals surface area contributed by atoms with Crippen LogP contribution in [0.15, 0.2) is 17.1 Å². The summed E-state index contributed by atoms with van der Waals surface area (Å²) in [6.45, 7) is 4.11. The lowest BCUT2D eigenvalue weighted by Gasteiger charge is -2.26. The van der Waals surface area contributed by atoms with Gasteiger partial charge in [-0.1, -0.05) is 13.8 Å². The van der Waals surface area contributed by atoms with Crippen molar-refractivity contribution in [1.29, 1.82) is 10.5 Å². The van der Waals surface area contributed by atoms with Gasteiger partial charge in [0.1, 0.15) is 29.3 Å². The molecule has 160 valence electrons. The second-order valence-electron chi connectivity index (χ2n) is 7.25. The topological polar surface area (TPSA) is 158 Å². The van der Waals surface area contributed by atoms with Gasteiger partial charge in [0.15, 0.2) is 23.6 Å². The van der Waals surface area contributed by atoms with Gasteiger partial charge in [0.2, 0.25) is 5.96 Å². The molecule has 6 N–H and O–H groups in total. The van der Waals surface area contributed by atoms with Crippen LogP contribution in [0.4, 0.5) is 26.1 Å². The molecule has 9 nitrogen and oxygen atoms in total. The number of anilines is 3. The number of hydrogen-bond donors (Lipinski definition) is 4. The second-order valence-corrected chi connectivity index (χ2v) is 7.25. The van der Waals surface area contributed by atoms with Crippen LogP contribution in [0, 0.1) is 40.3 Å². The predicted octanol–water partition coefficient (Wildman–Crippen LogP) is 2.76. The molecule has 0 saturated carbocycles. The molecule has 0 fully saturated rings. The Bertz CT molecular complexity index is 1110. The number of nitrogens with zero attached hydrogens (tertiary/aromatic N) is 4. The van der Waals surface area contributed by atoms with Gasteiger partial charge in [-0.3, -0.25) is 5.32 Å². The number of ether oxygens (including phenoxy) is 1. The molecule has 2 aromatic rings. The number of fused-ring (bicyclic) bond motifs is 1. The number of aliphatic imine (C=N–C) groups is 1. The maximum absolute atomic E-state index is 14.7. The number of nitriles is 2. The highest BCUT2D eigenvalue weighted by Gasteiger charge is 2.31. The van der Waals surface area contributed by atoms with Crippen LogP contribution in [0.1, 0.15) is 43.0 Å². The zero-order valence-electron chi connectivity index (χ0n) is 16.8. The van der Waals surface area contributed by atoms with Crippen molar-refractivity contribution in [2.24, 2.45) is 10.9 Å². The van der Waals surface area contributed by atoms with Crippen molar-refractivity contribution in [2.75, 3.05) is 23.4 Å². The van der Waals surface area contributed by atoms with Gasteiger partial charge in [-0.05, 0) is 30.0 Å². The third kappa shape index (κ3) is 4.26. The van der Waals surface area contributed by atoms with Gasteiger partial charge < -0.3 is 21.5 Å². The van der Waals surface area contributed by atoms with E-state index in [4.69, 9.17) is 21.5 Å². The van der Waals surface area contributed by atoms with Crippen LogP contribution < -0.4 is 26.8 Å². The third-order valence-corrected chi connectivity index (χ3v) is 4.64. The molecule has 31 heavy (non-hydrogen) atoms. The molecule has 0 spiro atoms. The third-order valence-electron chi connectivity index (χ3n) is 4.64. The largest absolute Gasteiger partial charge is 0.488 e. The van der Waals surface area contributed by atoms with Crippen LogP contribution in [0.5, 0.6) is 5.75 Å². The lowest BCUT2D eigenvalue weighted by Crippen LogP contribution is -2.32. The van der Waals surface area contributed by atoms with Gasteiger partial charge in [-0.2, -0.15) is 10.5 Å². The van der Waals surface area contributed by atoms with Crippen molar-refractivity contribution >= 4 is 23.3 Å². The molecule has 1 aromatic heterocycles. The van der Waals surface area contributed by atoms with Crippen molar-refractivity contribution in [3.63, 3.8) is 0 Å². The maximum Gasteiger partial charge on any atom is 0.211 e. The molecule has 0 amide bonds. The molecular weight excluding hydrogens is 406 g/mol. The fraction of sp³-hybridized carbons (Fsp3) is 0.300. The summed E-state index contributed by atoms with van der Waals surface area (Å²) in [7, 11) is 0. The molecule has 0 saturated heterocycles. The first kappa shape index (κ1) is 21.6. The Morgan fingerprint density at radius 2 is 1.94 bits per heavy atom. The van der Waals surface area contributed by atoms with Gasteiger partial charge in [-0.25, -0.2) is 18.8 Å². The SMILES string of the molecule is CC(C)CCOc1c(F)cc(C2N=C(NC#N)Nc3nc(N)c(C#N)c(N)c32)cc1F. The molecular formula is C20H20F2N8O. The maximum atomic E-state index is 14.7. The van der Waals surface area contributed by atoms with Crippen LogP contribution >= 0.6 is 0 Å². The van der Waals surface area contributed by atoms with Gasteiger partial charge in [0.05, 0.1) is 12.3 Å². The van der Waals surface area contributed by atoms with E-state index in [0.717, 1.165) is 12.1 Å². The number of hydrogen-bond acceptors (Lipinski definition) is 9. The Labute approximate surface area is 177 Å². The summed E-state index contributed by atoms with van der Waals surface area (Å²) < 4.78 is 34.7. The molecule has 11 heteroatoms. The van der Waals surface area contributed by atoms with E-state index in [2.05, 4.69) is 20.6 Å². The highest BCUT2D eigenvalue weighted by molar-refractivity contribution is 5.98. The van der Waals surface area contributed by atoms with Gasteiger partial charge in [0.25, 0.3) is 0 Å². The van der Waals surface area contributed by atoms with Gasteiger partial charge in [-0.15, -0.1) is 0 Å². The highest BCUT2D eigenvalue weighted by atomic mass is 19.1. The summed E-state index contributed by atoms with van der Waals surface area (Å²) in [5.74, 6) is -2.03. The van der Waals surface area contributed by atoms with E-state index in [0.29, 0.717) is 12.3 Å². The minimum atomic E-state index is -1.05. The average Bonchev–Trinajstić information content (AvgIpc) is 2.69. The van der Waals surface area contributed by atoms with Crippen LogP contribution in [0.2, 0.25) is 0 Å². The number of rotatable bonds is 5. The zero-order chi connectivity index (χ0) is 22.7. The quantitative estimate of drug-likeness (QED) is 0.420. The Morgan fingerprint density at radius 1 is 1.26 bits per heavy atom. The standard InChI is InChI=1S/C20H20F2N8O/c1-9(2)3-4-31-17-12(21)5-10(6-13(17)22)16-14-15(25)11(7-23)18(26)29-19(14)30-20(28-16)27-8-24/h5-6,9,16H,3-4H2,1-2H3,(H6,25,26,27,28,29,30). The fourth-order valence-electron chi connectivity index (χ4n) is 3.09. The normalized spacial score (nSPS) is 14.7. The van der Waals surface area contributed by atoms with E-state index in [1.807, 2.05) is 19.9 Å². The van der Waals surface area contributed by atoms with E-state index < -0.39 is 23.4 Å². The smallest absolute Gasteiger partial charge is 0.211 e. The van der Waals surface area contributed by atoms with E-state index >= 15 is 0 Å². The first-order chi connectivity index (χ1) is 14.8. The first-order valence-corrected chi connectivity index (χ1v) is 9.37. The highest BCUT2D eigenvalue weighted by Crippen LogP contribution is 2.41. The van der Waals surface area contributed by atoms with Crippen LogP contribution in [0.25, 0.3) is 0 Å². The van der Waals surface area contributed by atoms with Gasteiger partial charge >= 0.3 is 0 Å². The Kier molecular flexibility index (Phi) is 6.07. The van der Waals surface area contributed by atoms with Crippen molar-refractivity contribution in [1.82, 2.24) is 10.3 Å². The molecule has 1 aromatic carbocycles. The van der Waals surface area contributed by atoms with Crippen LogP contribution in [-0.4, -0.2) is 17.6 Å². The fourth-order valence-corrected chi connectivity index (χ4v) is 3.09. The summed E-state index contributed by atoms with van der Waals surface area (Å²) >= 11 is 0. The Morgan fingerprint density at radius 3 is 2.52 bits per heavy atom. The lowest BCUT2D eigenvalue weighted by atomic mass is 9.95. The van der Waals surface area contributed by atoms with Crippen LogP contribution in [-0.2, 0) is 0 Å². The number of nitrogen functional groups attached to an aromatic ring is 2. The number of nitrogens with two attached hydrogens (primary N) is 2. The van der Waals surface area contributed by atoms with Crippen molar-refractivity contribution in [3.8, 4) is 18.0 Å². The van der Waals surface area contributed by atoms with Crippen molar-refractivity contribution in [2.45, 2.75) is 26.3 Å². The summed E-state index contributed by atoms with van der Waals surface area (Å²) in [5, 5.41) is 23.3. The molecule has 3 rings (SSSR count). The summed E-state index contributed by atoms with van der Waals surface area (Å²) in [4.78, 5) is 8.37. The molecule has 2 heterocycles. The van der Waals surface area contributed by atoms with Crippen molar-refractivity contribution < 1.29 is 13.5 Å². The number of pyridine rings is 1. The Hall–Kier alpha value is -4.12. The molecule has 0 aliphatic carbocycles. The lowest BCUT2D eigenvalue weighted by molar-refractivity contribution is 0.263. The van der Waals surface area contributed by atoms with E-state index in [1.54, 1.807) is 6.19 Å². The number of benzene rings is 1. The predicted molar refractivity (Wildman–Crippen MR) is 111 cm³/mol. The van der Waals surface area contributed by atoms with Gasteiger partial charge in [0, 0.05) is 5.56 Å². The van der Waals surface area contributed by atoms with Crippen molar-refractivity contribution in [3.05, 3.63) is 40.5 Å². The van der Waals surface area contributed by atoms with E-state index in [-0.39, 0.29) is 46.6 Å². The Balaban J connectivity index is 2.10. The van der Waals surface area contributed by atoms with E-state index in [1.165, 1.54) is 0 Å². The molecule has 1 aliphatic heterocycles. The summed E-state index contributed by atoms with van der Waals surface area (Å²) in [5.41, 5.74) is 12.1. The molecule has 0 bridgehead atoms. The van der Waals surface area contributed by atoms with Crippen LogP contribution in [0.3, 0.4) is 0 Å². The zero-order valence-corrected chi connectivity index (χ0v) is 16.8. The first-order valence-electron chi connectivity index (χ1n) is 9.37. The van der Waals surface area contributed by atoms with E-state index in [9.17, 15) is 14.0 Å². The number of halogens is 2. The second kappa shape index (κ2) is 8.71. The average molecular weight is 426 g/mol. The minimum Gasteiger partial charge on any atom is -0.488 e. The molecule has 1 unspecified atom stereocenters. The molecule has 1 aliphatic rings. The molecule has 0 radical (unpaired) electrons. The minimum absolute atomic E-state index is 0.0194. The summed E-state index contributed by atoms with van der Waals surface area (Å²) in [6, 6.07) is 2.95. The monoisotopic (exact) mass is 426 g/mol. The molecule has 1 atom stereocenters. The number of aromatic nitrogens is 1. The number of guanidine groups is 1.